The summed E-state index contributed by atoms with van der Waals surface area (Å²) >= 11 is 0. The third kappa shape index (κ3) is 1.06. The normalized spacial score (nSPS) is 45.5. The van der Waals surface area contributed by atoms with E-state index in [0.29, 0.717) is 6.61 Å². The number of fused-ring (bicyclic) bond motifs is 1. The highest BCUT2D eigenvalue weighted by atomic mass is 16.5. The van der Waals surface area contributed by atoms with Crippen LogP contribution in [0.15, 0.2) is 0 Å². The van der Waals surface area contributed by atoms with Gasteiger partial charge in [-0.05, 0) is 30.6 Å². The van der Waals surface area contributed by atoms with Gasteiger partial charge in [0, 0.05) is 0 Å². The lowest BCUT2D eigenvalue weighted by molar-refractivity contribution is -0.146. The lowest BCUT2D eigenvalue weighted by atomic mass is 9.82. The fourth-order valence-corrected chi connectivity index (χ4v) is 3.55. The van der Waals surface area contributed by atoms with Crippen molar-refractivity contribution in [1.29, 1.82) is 0 Å². The number of rotatable bonds is 2. The van der Waals surface area contributed by atoms with Gasteiger partial charge in [-0.25, -0.2) is 0 Å². The highest BCUT2D eigenvalue weighted by molar-refractivity contribution is 5.79. The van der Waals surface area contributed by atoms with Crippen molar-refractivity contribution in [2.45, 2.75) is 46.5 Å². The van der Waals surface area contributed by atoms with Crippen molar-refractivity contribution in [3.63, 3.8) is 0 Å². The first-order valence-electron chi connectivity index (χ1n) is 5.73. The summed E-state index contributed by atoms with van der Waals surface area (Å²) in [6, 6.07) is 0. The Labute approximate surface area is 86.0 Å². The summed E-state index contributed by atoms with van der Waals surface area (Å²) in [6.07, 6.45) is 4.96. The molecule has 2 aliphatic rings. The van der Waals surface area contributed by atoms with Crippen LogP contribution >= 0.6 is 0 Å². The average Bonchev–Trinajstić information content (AvgIpc) is 2.63. The molecule has 0 aromatic rings. The molecule has 0 N–H and O–H groups in total. The van der Waals surface area contributed by atoms with Gasteiger partial charge in [0.1, 0.15) is 0 Å². The minimum absolute atomic E-state index is 0.0411. The molecular weight excluding hydrogens is 176 g/mol. The molecule has 0 aromatic carbocycles. The van der Waals surface area contributed by atoms with E-state index in [4.69, 9.17) is 4.74 Å². The Morgan fingerprint density at radius 1 is 1.29 bits per heavy atom. The molecule has 0 amide bonds. The van der Waals surface area contributed by atoms with Gasteiger partial charge in [-0.15, -0.1) is 0 Å². The minimum atomic E-state index is 0.0411. The molecule has 2 unspecified atom stereocenters. The monoisotopic (exact) mass is 196 g/mol. The van der Waals surface area contributed by atoms with E-state index in [2.05, 4.69) is 13.8 Å². The van der Waals surface area contributed by atoms with Gasteiger partial charge >= 0.3 is 5.97 Å². The zero-order valence-corrected chi connectivity index (χ0v) is 9.43. The molecule has 2 nitrogen and oxygen atoms in total. The summed E-state index contributed by atoms with van der Waals surface area (Å²) in [7, 11) is 0. The molecule has 14 heavy (non-hydrogen) atoms. The fourth-order valence-electron chi connectivity index (χ4n) is 3.55. The molecule has 2 fully saturated rings. The van der Waals surface area contributed by atoms with E-state index in [9.17, 15) is 4.79 Å². The van der Waals surface area contributed by atoms with Gasteiger partial charge in [-0.2, -0.15) is 0 Å². The van der Waals surface area contributed by atoms with Crippen LogP contribution in [-0.2, 0) is 9.53 Å². The summed E-state index contributed by atoms with van der Waals surface area (Å²) in [5.41, 5.74) is 0.495. The minimum Gasteiger partial charge on any atom is -0.466 e. The second-order valence-corrected chi connectivity index (χ2v) is 5.23. The first-order chi connectivity index (χ1) is 6.56. The number of hydrogen-bond acceptors (Lipinski definition) is 2. The van der Waals surface area contributed by atoms with Crippen LogP contribution in [0.3, 0.4) is 0 Å². The van der Waals surface area contributed by atoms with Crippen molar-refractivity contribution in [3.05, 3.63) is 0 Å². The molecule has 2 aliphatic carbocycles. The largest absolute Gasteiger partial charge is 0.466 e. The molecule has 2 rings (SSSR count). The van der Waals surface area contributed by atoms with Crippen LogP contribution in [0.4, 0.5) is 0 Å². The SMILES string of the molecule is CCOC(=O)C1C2(C)CCCCC12C. The summed E-state index contributed by atoms with van der Waals surface area (Å²) in [5.74, 6) is 0.219. The van der Waals surface area contributed by atoms with Crippen molar-refractivity contribution in [3.8, 4) is 0 Å². The highest BCUT2D eigenvalue weighted by Gasteiger charge is 2.74. The summed E-state index contributed by atoms with van der Waals surface area (Å²) < 4.78 is 5.15. The number of carbonyl (C=O) groups excluding carboxylic acids is 1. The van der Waals surface area contributed by atoms with Crippen molar-refractivity contribution in [2.75, 3.05) is 6.61 Å². The fraction of sp³-hybridized carbons (Fsp3) is 0.917. The molecule has 0 radical (unpaired) electrons. The van der Waals surface area contributed by atoms with Gasteiger partial charge in [0.25, 0.3) is 0 Å². The Bertz CT molecular complexity index is 243. The van der Waals surface area contributed by atoms with E-state index in [1.54, 1.807) is 0 Å². The van der Waals surface area contributed by atoms with E-state index in [1.807, 2.05) is 6.92 Å². The lowest BCUT2D eigenvalue weighted by Gasteiger charge is -2.23. The van der Waals surface area contributed by atoms with Gasteiger partial charge in [-0.3, -0.25) is 4.79 Å². The van der Waals surface area contributed by atoms with Crippen molar-refractivity contribution in [1.82, 2.24) is 0 Å². The van der Waals surface area contributed by atoms with E-state index in [1.165, 1.54) is 25.7 Å². The molecule has 0 saturated heterocycles. The summed E-state index contributed by atoms with van der Waals surface area (Å²) in [4.78, 5) is 11.8. The standard InChI is InChI=1S/C12H20O2/c1-4-14-10(13)9-11(2)7-5-6-8-12(9,11)3/h9H,4-8H2,1-3H3. The molecule has 0 bridgehead atoms. The van der Waals surface area contributed by atoms with Crippen LogP contribution in [-0.4, -0.2) is 12.6 Å². The molecule has 2 saturated carbocycles. The Morgan fingerprint density at radius 3 is 2.21 bits per heavy atom. The van der Waals surface area contributed by atoms with E-state index >= 15 is 0 Å². The maximum absolute atomic E-state index is 11.8. The number of esters is 1. The predicted octanol–water partition coefficient (Wildman–Crippen LogP) is 2.77. The number of hydrogen-bond donors (Lipinski definition) is 0. The van der Waals surface area contributed by atoms with Gasteiger partial charge in [0.15, 0.2) is 0 Å². The molecular formula is C12H20O2. The number of carbonyl (C=O) groups is 1. The van der Waals surface area contributed by atoms with Crippen LogP contribution in [0.2, 0.25) is 0 Å². The zero-order valence-electron chi connectivity index (χ0n) is 9.43. The van der Waals surface area contributed by atoms with Gasteiger partial charge < -0.3 is 4.74 Å². The van der Waals surface area contributed by atoms with Gasteiger partial charge in [0.05, 0.1) is 12.5 Å². The second kappa shape index (κ2) is 2.98. The van der Waals surface area contributed by atoms with Crippen molar-refractivity contribution < 1.29 is 9.53 Å². The van der Waals surface area contributed by atoms with Crippen LogP contribution in [0.5, 0.6) is 0 Å². The van der Waals surface area contributed by atoms with Crippen LogP contribution < -0.4 is 0 Å². The zero-order chi connectivity index (χ0) is 10.4. The predicted molar refractivity (Wildman–Crippen MR) is 54.8 cm³/mol. The van der Waals surface area contributed by atoms with E-state index in [0.717, 1.165) is 0 Å². The molecule has 0 aliphatic heterocycles. The van der Waals surface area contributed by atoms with Gasteiger partial charge in [-0.1, -0.05) is 26.7 Å². The molecule has 2 heteroatoms. The first-order valence-corrected chi connectivity index (χ1v) is 5.73. The van der Waals surface area contributed by atoms with Crippen LogP contribution in [0.25, 0.3) is 0 Å². The second-order valence-electron chi connectivity index (χ2n) is 5.23. The van der Waals surface area contributed by atoms with Gasteiger partial charge in [0.2, 0.25) is 0 Å². The third-order valence-electron chi connectivity index (χ3n) is 4.66. The molecule has 0 heterocycles. The van der Waals surface area contributed by atoms with Crippen LogP contribution in [0.1, 0.15) is 46.5 Å². The Hall–Kier alpha value is -0.530. The Kier molecular flexibility index (Phi) is 2.13. The Morgan fingerprint density at radius 2 is 1.79 bits per heavy atom. The van der Waals surface area contributed by atoms with Crippen LogP contribution in [0, 0.1) is 16.7 Å². The molecule has 80 valence electrons. The maximum atomic E-state index is 11.8. The summed E-state index contributed by atoms with van der Waals surface area (Å²) in [5, 5.41) is 0. The first kappa shape index (κ1) is 10.0. The molecule has 0 spiro atoms. The molecule has 0 aromatic heterocycles. The highest BCUT2D eigenvalue weighted by Crippen LogP contribution is 2.75. The lowest BCUT2D eigenvalue weighted by Crippen LogP contribution is -2.12. The summed E-state index contributed by atoms with van der Waals surface area (Å²) in [6.45, 7) is 6.91. The van der Waals surface area contributed by atoms with Crippen molar-refractivity contribution >= 4 is 5.97 Å². The van der Waals surface area contributed by atoms with Crippen molar-refractivity contribution in [2.24, 2.45) is 16.7 Å². The number of ether oxygens (including phenoxy) is 1. The maximum Gasteiger partial charge on any atom is 0.310 e. The molecule has 2 atom stereocenters. The third-order valence-corrected chi connectivity index (χ3v) is 4.66. The van der Waals surface area contributed by atoms with E-state index < -0.39 is 0 Å². The topological polar surface area (TPSA) is 26.3 Å². The van der Waals surface area contributed by atoms with E-state index in [-0.39, 0.29) is 22.7 Å². The average molecular weight is 196 g/mol. The Balaban J connectivity index is 2.12. The quantitative estimate of drug-likeness (QED) is 0.635. The smallest absolute Gasteiger partial charge is 0.310 e.